The van der Waals surface area contributed by atoms with Gasteiger partial charge in [0, 0.05) is 0 Å². The van der Waals surface area contributed by atoms with Crippen LogP contribution in [0.25, 0.3) is 6.08 Å². The van der Waals surface area contributed by atoms with Gasteiger partial charge in [0.15, 0.2) is 6.61 Å². The van der Waals surface area contributed by atoms with E-state index in [1.807, 2.05) is 31.2 Å². The highest BCUT2D eigenvalue weighted by Crippen LogP contribution is 2.33. The Labute approximate surface area is 206 Å². The zero-order valence-corrected chi connectivity index (χ0v) is 19.9. The highest BCUT2D eigenvalue weighted by molar-refractivity contribution is 8.18. The fraction of sp³-hybridized carbons (Fsp3) is 0.115. The van der Waals surface area contributed by atoms with Gasteiger partial charge < -0.3 is 10.1 Å². The van der Waals surface area contributed by atoms with Crippen molar-refractivity contribution in [3.63, 3.8) is 0 Å². The van der Waals surface area contributed by atoms with Gasteiger partial charge in [-0.05, 0) is 60.2 Å². The third-order valence-electron chi connectivity index (χ3n) is 4.97. The number of hydrogen-bond acceptors (Lipinski definition) is 5. The molecule has 0 spiro atoms. The molecule has 1 aliphatic rings. The molecule has 4 rings (SSSR count). The first-order chi connectivity index (χ1) is 16.4. The summed E-state index contributed by atoms with van der Waals surface area (Å²) in [7, 11) is 0. The average Bonchev–Trinajstić information content (AvgIpc) is 3.07. The number of carbonyl (C=O) groups excluding carboxylic acids is 3. The van der Waals surface area contributed by atoms with Crippen molar-refractivity contribution in [2.24, 2.45) is 0 Å². The molecule has 6 nitrogen and oxygen atoms in total. The maximum absolute atomic E-state index is 12.8. The number of anilines is 1. The van der Waals surface area contributed by atoms with E-state index in [0.717, 1.165) is 22.9 Å². The molecule has 3 amide bonds. The lowest BCUT2D eigenvalue weighted by Crippen LogP contribution is -2.27. The third kappa shape index (κ3) is 5.87. The van der Waals surface area contributed by atoms with Crippen LogP contribution in [0.4, 0.5) is 10.5 Å². The van der Waals surface area contributed by atoms with Crippen LogP contribution in [-0.2, 0) is 16.1 Å². The number of carbonyl (C=O) groups is 3. The Hall–Kier alpha value is -3.55. The lowest BCUT2D eigenvalue weighted by molar-refractivity contribution is -0.123. The van der Waals surface area contributed by atoms with Gasteiger partial charge in [-0.25, -0.2) is 0 Å². The standard InChI is InChI=1S/C26H21ClN2O4S/c1-17-6-4-8-19(12-17)15-29-25(31)23(34-26(29)32)14-18-7-5-9-20(13-18)33-16-24(30)28-22-11-3-2-10-21(22)27/h2-14H,15-16H2,1H3,(H,28,30)/b23-14-. The third-order valence-corrected chi connectivity index (χ3v) is 6.21. The molecule has 1 heterocycles. The Kier molecular flexibility index (Phi) is 7.35. The zero-order valence-electron chi connectivity index (χ0n) is 18.3. The molecule has 172 valence electrons. The number of aryl methyl sites for hydroxylation is 1. The molecule has 1 N–H and O–H groups in total. The Bertz CT molecular complexity index is 1290. The number of benzene rings is 3. The van der Waals surface area contributed by atoms with Crippen molar-refractivity contribution < 1.29 is 19.1 Å². The molecule has 0 bridgehead atoms. The summed E-state index contributed by atoms with van der Waals surface area (Å²) in [5, 5.41) is 2.83. The smallest absolute Gasteiger partial charge is 0.293 e. The molecular weight excluding hydrogens is 472 g/mol. The first-order valence-corrected chi connectivity index (χ1v) is 11.7. The van der Waals surface area contributed by atoms with E-state index in [4.69, 9.17) is 16.3 Å². The van der Waals surface area contributed by atoms with E-state index in [9.17, 15) is 14.4 Å². The fourth-order valence-corrected chi connectivity index (χ4v) is 4.39. The molecule has 0 radical (unpaired) electrons. The molecule has 8 heteroatoms. The van der Waals surface area contributed by atoms with Crippen LogP contribution in [0.15, 0.2) is 77.7 Å². The van der Waals surface area contributed by atoms with Crippen LogP contribution in [0.5, 0.6) is 5.75 Å². The number of ether oxygens (including phenoxy) is 1. The van der Waals surface area contributed by atoms with Gasteiger partial charge in [0.05, 0.1) is 22.2 Å². The molecule has 1 aliphatic heterocycles. The van der Waals surface area contributed by atoms with Crippen LogP contribution in [0.3, 0.4) is 0 Å². The highest BCUT2D eigenvalue weighted by atomic mass is 35.5. The number of imide groups is 1. The van der Waals surface area contributed by atoms with Gasteiger partial charge >= 0.3 is 0 Å². The van der Waals surface area contributed by atoms with Gasteiger partial charge in [-0.1, -0.05) is 65.7 Å². The Morgan fingerprint density at radius 2 is 1.85 bits per heavy atom. The minimum absolute atomic E-state index is 0.207. The quantitative estimate of drug-likeness (QED) is 0.415. The summed E-state index contributed by atoms with van der Waals surface area (Å²) in [4.78, 5) is 39.0. The van der Waals surface area contributed by atoms with Crippen LogP contribution < -0.4 is 10.1 Å². The molecule has 1 saturated heterocycles. The molecule has 0 atom stereocenters. The van der Waals surface area contributed by atoms with E-state index in [0.29, 0.717) is 26.9 Å². The lowest BCUT2D eigenvalue weighted by Gasteiger charge is -2.12. The molecular formula is C26H21ClN2O4S. The minimum Gasteiger partial charge on any atom is -0.484 e. The number of nitrogens with zero attached hydrogens (tertiary/aromatic N) is 1. The van der Waals surface area contributed by atoms with Crippen molar-refractivity contribution in [2.75, 3.05) is 11.9 Å². The topological polar surface area (TPSA) is 75.7 Å². The Morgan fingerprint density at radius 1 is 1.06 bits per heavy atom. The van der Waals surface area contributed by atoms with Gasteiger partial charge in [-0.3, -0.25) is 19.3 Å². The lowest BCUT2D eigenvalue weighted by atomic mass is 10.1. The second-order valence-corrected chi connectivity index (χ2v) is 9.05. The molecule has 0 saturated carbocycles. The van der Waals surface area contributed by atoms with E-state index in [-0.39, 0.29) is 30.2 Å². The van der Waals surface area contributed by atoms with Crippen LogP contribution in [0, 0.1) is 6.92 Å². The summed E-state index contributed by atoms with van der Waals surface area (Å²) in [5.41, 5.74) is 3.16. The first-order valence-electron chi connectivity index (χ1n) is 10.5. The number of thioether (sulfide) groups is 1. The molecule has 0 unspecified atom stereocenters. The van der Waals surface area contributed by atoms with Gasteiger partial charge in [0.1, 0.15) is 5.75 Å². The SMILES string of the molecule is Cc1cccc(CN2C(=O)S/C(=C\c3cccc(OCC(=O)Nc4ccccc4Cl)c3)C2=O)c1. The molecule has 34 heavy (non-hydrogen) atoms. The Morgan fingerprint density at radius 3 is 2.65 bits per heavy atom. The van der Waals surface area contributed by atoms with E-state index in [2.05, 4.69) is 5.32 Å². The molecule has 1 fully saturated rings. The number of amides is 3. The number of nitrogens with one attached hydrogen (secondary N) is 1. The van der Waals surface area contributed by atoms with Crippen molar-refractivity contribution >= 4 is 52.2 Å². The van der Waals surface area contributed by atoms with Gasteiger partial charge in [0.2, 0.25) is 0 Å². The van der Waals surface area contributed by atoms with Gasteiger partial charge in [-0.15, -0.1) is 0 Å². The zero-order chi connectivity index (χ0) is 24.1. The van der Waals surface area contributed by atoms with Gasteiger partial charge in [-0.2, -0.15) is 0 Å². The second kappa shape index (κ2) is 10.6. The predicted molar refractivity (Wildman–Crippen MR) is 135 cm³/mol. The fourth-order valence-electron chi connectivity index (χ4n) is 3.37. The normalized spacial score (nSPS) is 14.5. The largest absolute Gasteiger partial charge is 0.484 e. The molecule has 3 aromatic carbocycles. The summed E-state index contributed by atoms with van der Waals surface area (Å²) in [5.74, 6) is -0.222. The molecule has 0 aliphatic carbocycles. The van der Waals surface area contributed by atoms with Crippen molar-refractivity contribution in [1.29, 1.82) is 0 Å². The van der Waals surface area contributed by atoms with E-state index >= 15 is 0 Å². The van der Waals surface area contributed by atoms with Gasteiger partial charge in [0.25, 0.3) is 17.1 Å². The number of rotatable bonds is 7. The second-order valence-electron chi connectivity index (χ2n) is 7.65. The molecule has 3 aromatic rings. The van der Waals surface area contributed by atoms with E-state index in [1.165, 1.54) is 4.90 Å². The minimum atomic E-state index is -0.351. The van der Waals surface area contributed by atoms with E-state index in [1.54, 1.807) is 54.6 Å². The summed E-state index contributed by atoms with van der Waals surface area (Å²) in [6, 6.07) is 21.6. The van der Waals surface area contributed by atoms with Crippen LogP contribution in [0.1, 0.15) is 16.7 Å². The monoisotopic (exact) mass is 492 g/mol. The number of hydrogen-bond donors (Lipinski definition) is 1. The maximum Gasteiger partial charge on any atom is 0.293 e. The molecule has 0 aromatic heterocycles. The van der Waals surface area contributed by atoms with Crippen molar-refractivity contribution in [1.82, 2.24) is 4.90 Å². The van der Waals surface area contributed by atoms with Crippen molar-refractivity contribution in [3.8, 4) is 5.75 Å². The number of halogens is 1. The predicted octanol–water partition coefficient (Wildman–Crippen LogP) is 5.90. The summed E-state index contributed by atoms with van der Waals surface area (Å²) in [6.45, 7) is 1.99. The summed E-state index contributed by atoms with van der Waals surface area (Å²) in [6.07, 6.45) is 1.65. The number of para-hydroxylation sites is 1. The maximum atomic E-state index is 12.8. The average molecular weight is 493 g/mol. The summed E-state index contributed by atoms with van der Waals surface area (Å²) >= 11 is 6.96. The van der Waals surface area contributed by atoms with Crippen LogP contribution in [-0.4, -0.2) is 28.6 Å². The van der Waals surface area contributed by atoms with Crippen molar-refractivity contribution in [3.05, 3.63) is 99.4 Å². The van der Waals surface area contributed by atoms with E-state index < -0.39 is 0 Å². The van der Waals surface area contributed by atoms with Crippen molar-refractivity contribution in [2.45, 2.75) is 13.5 Å². The first kappa shape index (κ1) is 23.6. The highest BCUT2D eigenvalue weighted by Gasteiger charge is 2.35. The Balaban J connectivity index is 1.40. The summed E-state index contributed by atoms with van der Waals surface area (Å²) < 4.78 is 5.59. The van der Waals surface area contributed by atoms with Crippen LogP contribution >= 0.6 is 23.4 Å². The van der Waals surface area contributed by atoms with Crippen LogP contribution in [0.2, 0.25) is 5.02 Å².